The van der Waals surface area contributed by atoms with Gasteiger partial charge in [0.1, 0.15) is 6.07 Å². The third-order valence-electron chi connectivity index (χ3n) is 3.91. The fourth-order valence-electron chi connectivity index (χ4n) is 2.68. The average molecular weight is 386 g/mol. The molecule has 3 rings (SSSR count). The van der Waals surface area contributed by atoms with Crippen molar-refractivity contribution in [1.82, 2.24) is 9.29 Å². The van der Waals surface area contributed by atoms with E-state index in [0.29, 0.717) is 12.2 Å². The number of nitrogens with one attached hydrogen (secondary N) is 1. The molecule has 0 fully saturated rings. The van der Waals surface area contributed by atoms with Gasteiger partial charge in [-0.2, -0.15) is 5.26 Å². The van der Waals surface area contributed by atoms with Crippen LogP contribution >= 0.6 is 11.6 Å². The van der Waals surface area contributed by atoms with Crippen LogP contribution in [0.3, 0.4) is 0 Å². The Morgan fingerprint density at radius 1 is 1.15 bits per heavy atom. The number of aromatic nitrogens is 1. The van der Waals surface area contributed by atoms with Gasteiger partial charge in [-0.15, -0.1) is 0 Å². The third-order valence-corrected chi connectivity index (χ3v) is 5.89. The second kappa shape index (κ2) is 7.34. The minimum atomic E-state index is -3.87. The molecule has 1 N–H and O–H groups in total. The maximum atomic E-state index is 13.2. The summed E-state index contributed by atoms with van der Waals surface area (Å²) in [6.07, 6.45) is 1.60. The lowest BCUT2D eigenvalue weighted by Gasteiger charge is -2.11. The van der Waals surface area contributed by atoms with Crippen molar-refractivity contribution >= 4 is 21.6 Å². The zero-order valence-electron chi connectivity index (χ0n) is 14.0. The fourth-order valence-corrected chi connectivity index (χ4v) is 4.39. The van der Waals surface area contributed by atoms with Crippen molar-refractivity contribution in [3.05, 3.63) is 76.9 Å². The minimum Gasteiger partial charge on any atom is -0.316 e. The lowest BCUT2D eigenvalue weighted by Crippen LogP contribution is -2.13. The quantitative estimate of drug-likeness (QED) is 0.727. The average Bonchev–Trinajstić information content (AvgIpc) is 3.07. The van der Waals surface area contributed by atoms with E-state index in [0.717, 1.165) is 11.1 Å². The van der Waals surface area contributed by atoms with E-state index in [1.807, 2.05) is 42.5 Å². The molecule has 0 atom stereocenters. The summed E-state index contributed by atoms with van der Waals surface area (Å²) in [7, 11) is -2.07. The summed E-state index contributed by atoms with van der Waals surface area (Å²) in [6, 6.07) is 17.2. The summed E-state index contributed by atoms with van der Waals surface area (Å²) < 4.78 is 27.7. The van der Waals surface area contributed by atoms with E-state index in [9.17, 15) is 8.42 Å². The van der Waals surface area contributed by atoms with Crippen molar-refractivity contribution < 1.29 is 8.42 Å². The Hall–Kier alpha value is -2.59. The van der Waals surface area contributed by atoms with Crippen LogP contribution in [0.25, 0.3) is 11.3 Å². The first-order valence-electron chi connectivity index (χ1n) is 7.84. The SMILES string of the molecule is CNCc1cc(-c2ccccc2)n(S(=O)(=O)c2ccc(C#N)c(Cl)c2)c1. The van der Waals surface area contributed by atoms with Crippen LogP contribution in [0.5, 0.6) is 0 Å². The molecule has 0 radical (unpaired) electrons. The number of nitrogens with zero attached hydrogens (tertiary/aromatic N) is 2. The summed E-state index contributed by atoms with van der Waals surface area (Å²) in [4.78, 5) is 0.0327. The van der Waals surface area contributed by atoms with Gasteiger partial charge in [-0.05, 0) is 42.4 Å². The van der Waals surface area contributed by atoms with E-state index in [1.54, 1.807) is 13.2 Å². The molecule has 0 saturated heterocycles. The normalized spacial score (nSPS) is 11.3. The molecule has 3 aromatic rings. The molecule has 7 heteroatoms. The number of rotatable bonds is 5. The molecule has 0 unspecified atom stereocenters. The van der Waals surface area contributed by atoms with Gasteiger partial charge in [0, 0.05) is 12.7 Å². The summed E-state index contributed by atoms with van der Waals surface area (Å²) in [5, 5.41) is 12.1. The predicted molar refractivity (Wildman–Crippen MR) is 101 cm³/mol. The molecule has 0 aliphatic heterocycles. The Bertz CT molecular complexity index is 1080. The number of benzene rings is 2. The Morgan fingerprint density at radius 2 is 1.88 bits per heavy atom. The van der Waals surface area contributed by atoms with Crippen molar-refractivity contribution in [2.45, 2.75) is 11.4 Å². The maximum absolute atomic E-state index is 13.2. The Labute approximate surface area is 157 Å². The first kappa shape index (κ1) is 18.2. The maximum Gasteiger partial charge on any atom is 0.268 e. The number of hydrogen-bond acceptors (Lipinski definition) is 4. The van der Waals surface area contributed by atoms with E-state index in [1.165, 1.54) is 22.2 Å². The molecule has 0 bridgehead atoms. The second-order valence-electron chi connectivity index (χ2n) is 5.68. The van der Waals surface area contributed by atoms with Gasteiger partial charge in [0.05, 0.1) is 21.2 Å². The van der Waals surface area contributed by atoms with Crippen molar-refractivity contribution in [2.75, 3.05) is 7.05 Å². The lowest BCUT2D eigenvalue weighted by atomic mass is 10.1. The Balaban J connectivity index is 2.18. The molecule has 26 heavy (non-hydrogen) atoms. The summed E-state index contributed by atoms with van der Waals surface area (Å²) in [5.74, 6) is 0. The van der Waals surface area contributed by atoms with Crippen molar-refractivity contribution in [2.24, 2.45) is 0 Å². The Kier molecular flexibility index (Phi) is 5.14. The van der Waals surface area contributed by atoms with Crippen molar-refractivity contribution in [3.8, 4) is 17.3 Å². The van der Waals surface area contributed by atoms with Crippen LogP contribution in [0.15, 0.2) is 65.7 Å². The van der Waals surface area contributed by atoms with Gasteiger partial charge in [-0.3, -0.25) is 0 Å². The first-order chi connectivity index (χ1) is 12.5. The second-order valence-corrected chi connectivity index (χ2v) is 7.91. The van der Waals surface area contributed by atoms with E-state index in [4.69, 9.17) is 16.9 Å². The van der Waals surface area contributed by atoms with Gasteiger partial charge in [-0.25, -0.2) is 12.4 Å². The van der Waals surface area contributed by atoms with E-state index in [-0.39, 0.29) is 15.5 Å². The van der Waals surface area contributed by atoms with Gasteiger partial charge in [0.25, 0.3) is 10.0 Å². The molecule has 132 valence electrons. The van der Waals surface area contributed by atoms with E-state index < -0.39 is 10.0 Å². The molecule has 0 aliphatic rings. The standard InChI is InChI=1S/C19H16ClN3O2S/c1-22-12-14-9-19(15-5-3-2-4-6-15)23(13-14)26(24,25)17-8-7-16(11-21)18(20)10-17/h2-10,13,22H,12H2,1H3. The molecule has 0 spiro atoms. The predicted octanol–water partition coefficient (Wildman–Crippen LogP) is 3.64. The zero-order valence-corrected chi connectivity index (χ0v) is 15.6. The highest BCUT2D eigenvalue weighted by Crippen LogP contribution is 2.28. The number of halogens is 1. The molecule has 5 nitrogen and oxygen atoms in total. The highest BCUT2D eigenvalue weighted by molar-refractivity contribution is 7.90. The summed E-state index contributed by atoms with van der Waals surface area (Å²) >= 11 is 6.03. The van der Waals surface area contributed by atoms with Crippen LogP contribution in [0.2, 0.25) is 5.02 Å². The van der Waals surface area contributed by atoms with Crippen molar-refractivity contribution in [1.29, 1.82) is 5.26 Å². The minimum absolute atomic E-state index is 0.0327. The largest absolute Gasteiger partial charge is 0.316 e. The van der Waals surface area contributed by atoms with Crippen LogP contribution in [0.1, 0.15) is 11.1 Å². The third kappa shape index (κ3) is 3.37. The van der Waals surface area contributed by atoms with E-state index >= 15 is 0 Å². The first-order valence-corrected chi connectivity index (χ1v) is 9.65. The highest BCUT2D eigenvalue weighted by Gasteiger charge is 2.22. The molecule has 0 saturated carbocycles. The summed E-state index contributed by atoms with van der Waals surface area (Å²) in [6.45, 7) is 0.538. The van der Waals surface area contributed by atoms with Crippen LogP contribution in [-0.4, -0.2) is 19.4 Å². The highest BCUT2D eigenvalue weighted by atomic mass is 35.5. The number of hydrogen-bond donors (Lipinski definition) is 1. The van der Waals surface area contributed by atoms with Gasteiger partial charge in [0.15, 0.2) is 0 Å². The van der Waals surface area contributed by atoms with Gasteiger partial charge in [-0.1, -0.05) is 41.9 Å². The lowest BCUT2D eigenvalue weighted by molar-refractivity contribution is 0.588. The van der Waals surface area contributed by atoms with Crippen LogP contribution in [-0.2, 0) is 16.6 Å². The summed E-state index contributed by atoms with van der Waals surface area (Å²) in [5.41, 5.74) is 2.43. The molecule has 1 heterocycles. The molecule has 1 aromatic heterocycles. The monoisotopic (exact) mass is 385 g/mol. The molecule has 2 aromatic carbocycles. The smallest absolute Gasteiger partial charge is 0.268 e. The van der Waals surface area contributed by atoms with Crippen LogP contribution in [0, 0.1) is 11.3 Å². The molecule has 0 aliphatic carbocycles. The molecular formula is C19H16ClN3O2S. The number of nitriles is 1. The molecular weight excluding hydrogens is 370 g/mol. The van der Waals surface area contributed by atoms with Gasteiger partial charge in [0.2, 0.25) is 0 Å². The topological polar surface area (TPSA) is 74.9 Å². The van der Waals surface area contributed by atoms with Crippen molar-refractivity contribution in [3.63, 3.8) is 0 Å². The van der Waals surface area contributed by atoms with Crippen LogP contribution < -0.4 is 5.32 Å². The van der Waals surface area contributed by atoms with Crippen LogP contribution in [0.4, 0.5) is 0 Å². The Morgan fingerprint density at radius 3 is 2.50 bits per heavy atom. The zero-order chi connectivity index (χ0) is 18.7. The van der Waals surface area contributed by atoms with E-state index in [2.05, 4.69) is 5.32 Å². The van der Waals surface area contributed by atoms with Gasteiger partial charge >= 0.3 is 0 Å². The fraction of sp³-hybridized carbons (Fsp3) is 0.105. The molecule has 0 amide bonds. The van der Waals surface area contributed by atoms with Gasteiger partial charge < -0.3 is 5.32 Å².